The summed E-state index contributed by atoms with van der Waals surface area (Å²) in [5, 5.41) is 6.53. The van der Waals surface area contributed by atoms with Gasteiger partial charge < -0.3 is 4.57 Å². The number of halogens is 1. The van der Waals surface area contributed by atoms with E-state index in [4.69, 9.17) is 16.6 Å². The van der Waals surface area contributed by atoms with Gasteiger partial charge in [-0.1, -0.05) is 0 Å². The minimum absolute atomic E-state index is 0.576. The van der Waals surface area contributed by atoms with E-state index in [1.165, 1.54) is 0 Å². The standard InChI is InChI=1S/C13H16ClN5S/c1-9-12-13(18(2)17-9)19(11(16-12)3-5-14)6-4-10-7-20-8-15-10/h7-8H,3-6H2,1-2H3. The van der Waals surface area contributed by atoms with Gasteiger partial charge in [0, 0.05) is 37.7 Å². The number of alkyl halides is 1. The Morgan fingerprint density at radius 3 is 2.90 bits per heavy atom. The van der Waals surface area contributed by atoms with E-state index in [0.29, 0.717) is 5.88 Å². The summed E-state index contributed by atoms with van der Waals surface area (Å²) < 4.78 is 4.12. The van der Waals surface area contributed by atoms with Crippen LogP contribution in [0.3, 0.4) is 0 Å². The molecule has 0 saturated heterocycles. The molecule has 0 aromatic carbocycles. The molecule has 0 saturated carbocycles. The minimum Gasteiger partial charge on any atom is -0.312 e. The molecule has 0 amide bonds. The Labute approximate surface area is 126 Å². The van der Waals surface area contributed by atoms with Gasteiger partial charge in [0.05, 0.1) is 16.9 Å². The van der Waals surface area contributed by atoms with Gasteiger partial charge in [0.2, 0.25) is 0 Å². The third-order valence-electron chi connectivity index (χ3n) is 3.36. The first-order chi connectivity index (χ1) is 9.70. The second-order valence-corrected chi connectivity index (χ2v) is 5.83. The van der Waals surface area contributed by atoms with E-state index in [-0.39, 0.29) is 0 Å². The van der Waals surface area contributed by atoms with Crippen molar-refractivity contribution in [3.05, 3.63) is 28.1 Å². The summed E-state index contributed by atoms with van der Waals surface area (Å²) in [5.41, 5.74) is 5.99. The van der Waals surface area contributed by atoms with E-state index in [1.807, 2.05) is 24.2 Å². The second kappa shape index (κ2) is 5.54. The van der Waals surface area contributed by atoms with Gasteiger partial charge in [0.25, 0.3) is 0 Å². The van der Waals surface area contributed by atoms with Crippen LogP contribution in [0.15, 0.2) is 10.9 Å². The zero-order valence-corrected chi connectivity index (χ0v) is 13.1. The highest BCUT2D eigenvalue weighted by Gasteiger charge is 2.16. The van der Waals surface area contributed by atoms with Crippen LogP contribution in [0.1, 0.15) is 17.2 Å². The predicted molar refractivity (Wildman–Crippen MR) is 81.5 cm³/mol. The Bertz CT molecular complexity index is 713. The number of nitrogens with zero attached hydrogens (tertiary/aromatic N) is 5. The van der Waals surface area contributed by atoms with Gasteiger partial charge in [-0.2, -0.15) is 5.10 Å². The lowest BCUT2D eigenvalue weighted by atomic mass is 10.3. The summed E-state index contributed by atoms with van der Waals surface area (Å²) >= 11 is 7.52. The first-order valence-electron chi connectivity index (χ1n) is 6.52. The SMILES string of the molecule is Cc1nn(C)c2c1nc(CCCl)n2CCc1cscn1. The number of aryl methyl sites for hydroxylation is 5. The monoisotopic (exact) mass is 309 g/mol. The third-order valence-corrected chi connectivity index (χ3v) is 4.19. The number of thiazole rings is 1. The lowest BCUT2D eigenvalue weighted by Crippen LogP contribution is -2.10. The van der Waals surface area contributed by atoms with Crippen LogP contribution in [-0.4, -0.2) is 30.2 Å². The average molecular weight is 310 g/mol. The molecule has 3 rings (SSSR count). The molecule has 7 heteroatoms. The molecule has 0 atom stereocenters. The van der Waals surface area contributed by atoms with Gasteiger partial charge in [0.1, 0.15) is 11.3 Å². The second-order valence-electron chi connectivity index (χ2n) is 4.73. The molecule has 3 heterocycles. The molecule has 20 heavy (non-hydrogen) atoms. The Balaban J connectivity index is 1.99. The molecule has 0 radical (unpaired) electrons. The fourth-order valence-electron chi connectivity index (χ4n) is 2.48. The molecule has 106 valence electrons. The van der Waals surface area contributed by atoms with Crippen LogP contribution in [0.2, 0.25) is 0 Å². The van der Waals surface area contributed by atoms with E-state index < -0.39 is 0 Å². The summed E-state index contributed by atoms with van der Waals surface area (Å²) in [5.74, 6) is 1.60. The van der Waals surface area contributed by atoms with E-state index in [1.54, 1.807) is 11.3 Å². The van der Waals surface area contributed by atoms with Crippen molar-refractivity contribution in [1.82, 2.24) is 24.3 Å². The van der Waals surface area contributed by atoms with Crippen molar-refractivity contribution in [3.8, 4) is 0 Å². The van der Waals surface area contributed by atoms with Crippen molar-refractivity contribution in [2.75, 3.05) is 5.88 Å². The molecule has 0 aliphatic heterocycles. The first kappa shape index (κ1) is 13.6. The number of aromatic nitrogens is 5. The maximum Gasteiger partial charge on any atom is 0.158 e. The maximum atomic E-state index is 5.90. The maximum absolute atomic E-state index is 5.90. The molecule has 0 fully saturated rings. The van der Waals surface area contributed by atoms with Gasteiger partial charge in [-0.25, -0.2) is 9.97 Å². The van der Waals surface area contributed by atoms with Crippen LogP contribution in [-0.2, 0) is 26.4 Å². The van der Waals surface area contributed by atoms with Crippen LogP contribution in [0.4, 0.5) is 0 Å². The van der Waals surface area contributed by atoms with Crippen molar-refractivity contribution in [2.45, 2.75) is 26.3 Å². The van der Waals surface area contributed by atoms with Gasteiger partial charge in [-0.3, -0.25) is 4.68 Å². The molecule has 0 spiro atoms. The van der Waals surface area contributed by atoms with Gasteiger partial charge >= 0.3 is 0 Å². The van der Waals surface area contributed by atoms with Crippen molar-refractivity contribution < 1.29 is 0 Å². The van der Waals surface area contributed by atoms with Crippen molar-refractivity contribution >= 4 is 34.1 Å². The molecule has 0 N–H and O–H groups in total. The van der Waals surface area contributed by atoms with Crippen LogP contribution in [0, 0.1) is 6.92 Å². The molecule has 3 aromatic heterocycles. The van der Waals surface area contributed by atoms with Gasteiger partial charge in [-0.15, -0.1) is 22.9 Å². The van der Waals surface area contributed by atoms with Crippen LogP contribution in [0.25, 0.3) is 11.2 Å². The molecule has 0 unspecified atom stereocenters. The lowest BCUT2D eigenvalue weighted by Gasteiger charge is -2.08. The van der Waals surface area contributed by atoms with E-state index >= 15 is 0 Å². The van der Waals surface area contributed by atoms with Gasteiger partial charge in [0.15, 0.2) is 5.65 Å². The highest BCUT2D eigenvalue weighted by molar-refractivity contribution is 7.07. The Hall–Kier alpha value is -1.40. The van der Waals surface area contributed by atoms with Crippen molar-refractivity contribution in [2.24, 2.45) is 7.05 Å². The molecule has 0 aliphatic carbocycles. The summed E-state index contributed by atoms with van der Waals surface area (Å²) in [6.07, 6.45) is 1.67. The topological polar surface area (TPSA) is 48.5 Å². The lowest BCUT2D eigenvalue weighted by molar-refractivity contribution is 0.637. The van der Waals surface area contributed by atoms with Crippen molar-refractivity contribution in [1.29, 1.82) is 0 Å². The highest BCUT2D eigenvalue weighted by Crippen LogP contribution is 2.20. The number of fused-ring (bicyclic) bond motifs is 1. The summed E-state index contributed by atoms with van der Waals surface area (Å²) in [6, 6.07) is 0. The fraction of sp³-hybridized carbons (Fsp3) is 0.462. The van der Waals surface area contributed by atoms with E-state index in [2.05, 4.69) is 20.0 Å². The zero-order valence-electron chi connectivity index (χ0n) is 11.5. The molecular formula is C13H16ClN5S. The molecule has 0 aliphatic rings. The van der Waals surface area contributed by atoms with E-state index in [0.717, 1.165) is 47.8 Å². The molecular weight excluding hydrogens is 294 g/mol. The first-order valence-corrected chi connectivity index (χ1v) is 8.00. The molecule has 3 aromatic rings. The number of imidazole rings is 1. The van der Waals surface area contributed by atoms with Crippen LogP contribution < -0.4 is 0 Å². The predicted octanol–water partition coefficient (Wildman–Crippen LogP) is 2.56. The summed E-state index contributed by atoms with van der Waals surface area (Å²) in [6.45, 7) is 2.84. The molecule has 5 nitrogen and oxygen atoms in total. The van der Waals surface area contributed by atoms with Crippen LogP contribution in [0.5, 0.6) is 0 Å². The fourth-order valence-corrected chi connectivity index (χ4v) is 3.24. The number of hydrogen-bond acceptors (Lipinski definition) is 4. The van der Waals surface area contributed by atoms with Gasteiger partial charge in [-0.05, 0) is 6.92 Å². The Morgan fingerprint density at radius 1 is 1.35 bits per heavy atom. The molecule has 0 bridgehead atoms. The Morgan fingerprint density at radius 2 is 2.20 bits per heavy atom. The van der Waals surface area contributed by atoms with E-state index in [9.17, 15) is 0 Å². The van der Waals surface area contributed by atoms with Crippen molar-refractivity contribution in [3.63, 3.8) is 0 Å². The highest BCUT2D eigenvalue weighted by atomic mass is 35.5. The minimum atomic E-state index is 0.576. The number of hydrogen-bond donors (Lipinski definition) is 0. The average Bonchev–Trinajstić information content (AvgIpc) is 3.08. The quantitative estimate of drug-likeness (QED) is 0.681. The third kappa shape index (κ3) is 2.33. The summed E-state index contributed by atoms with van der Waals surface area (Å²) in [7, 11) is 1.96. The smallest absolute Gasteiger partial charge is 0.158 e. The Kier molecular flexibility index (Phi) is 3.76. The summed E-state index contributed by atoms with van der Waals surface area (Å²) in [4.78, 5) is 9.04. The number of rotatable bonds is 5. The van der Waals surface area contributed by atoms with Crippen LogP contribution >= 0.6 is 22.9 Å². The largest absolute Gasteiger partial charge is 0.312 e. The zero-order chi connectivity index (χ0) is 14.1. The normalized spacial score (nSPS) is 11.6.